The van der Waals surface area contributed by atoms with Crippen molar-refractivity contribution >= 4 is 11.9 Å². The van der Waals surface area contributed by atoms with Crippen molar-refractivity contribution in [3.8, 4) is 0 Å². The van der Waals surface area contributed by atoms with Gasteiger partial charge < -0.3 is 19.5 Å². The van der Waals surface area contributed by atoms with E-state index in [0.29, 0.717) is 24.9 Å². The summed E-state index contributed by atoms with van der Waals surface area (Å²) in [6.07, 6.45) is 4.18. The maximum atomic E-state index is 11.8. The number of rotatable bonds is 4. The van der Waals surface area contributed by atoms with Crippen LogP contribution in [0, 0.1) is 0 Å². The maximum Gasteiger partial charge on any atom is 0.223 e. The summed E-state index contributed by atoms with van der Waals surface area (Å²) in [5, 5.41) is 3.37. The molecule has 1 unspecified atom stereocenters. The molecule has 1 atom stereocenters. The van der Waals surface area contributed by atoms with Crippen molar-refractivity contribution in [2.45, 2.75) is 32.2 Å². The number of amides is 1. The molecule has 1 N–H and O–H groups in total. The zero-order chi connectivity index (χ0) is 15.4. The van der Waals surface area contributed by atoms with Crippen LogP contribution in [0.25, 0.3) is 0 Å². The fourth-order valence-corrected chi connectivity index (χ4v) is 3.21. The Morgan fingerprint density at radius 2 is 2.41 bits per heavy atom. The fraction of sp³-hybridized carbons (Fsp3) is 0.625. The van der Waals surface area contributed by atoms with Crippen molar-refractivity contribution in [1.82, 2.24) is 15.1 Å². The van der Waals surface area contributed by atoms with Crippen molar-refractivity contribution in [3.63, 3.8) is 0 Å². The normalized spacial score (nSPS) is 22.1. The molecule has 120 valence electrons. The third-order valence-corrected chi connectivity index (χ3v) is 4.33. The number of carbonyl (C=O) groups is 1. The molecule has 0 bridgehead atoms. The maximum absolute atomic E-state index is 11.8. The minimum Gasteiger partial charge on any atom is -0.469 e. The van der Waals surface area contributed by atoms with E-state index in [1.54, 1.807) is 6.26 Å². The van der Waals surface area contributed by atoms with Gasteiger partial charge in [-0.25, -0.2) is 0 Å². The van der Waals surface area contributed by atoms with E-state index < -0.39 is 0 Å². The van der Waals surface area contributed by atoms with Crippen LogP contribution in [0.5, 0.6) is 0 Å². The zero-order valence-corrected chi connectivity index (χ0v) is 13.1. The highest BCUT2D eigenvalue weighted by Crippen LogP contribution is 2.22. The molecule has 2 saturated heterocycles. The van der Waals surface area contributed by atoms with Crippen LogP contribution >= 0.6 is 0 Å². The lowest BCUT2D eigenvalue weighted by Crippen LogP contribution is -2.56. The Bertz CT molecular complexity index is 526. The quantitative estimate of drug-likeness (QED) is 0.668. The number of nitrogens with one attached hydrogen (secondary N) is 1. The van der Waals surface area contributed by atoms with Crippen LogP contribution in [0.15, 0.2) is 27.8 Å². The predicted molar refractivity (Wildman–Crippen MR) is 84.7 cm³/mol. The standard InChI is InChI=1S/C16H24N4O2/c1-2-17-16(18-8-7-14-4-3-11-22-14)19-9-10-20-13(12-19)5-6-15(20)21/h3-4,11,13H,2,5-10,12H2,1H3,(H,17,18). The van der Waals surface area contributed by atoms with E-state index in [-0.39, 0.29) is 0 Å². The number of carbonyl (C=O) groups excluding carboxylic acids is 1. The summed E-state index contributed by atoms with van der Waals surface area (Å²) in [6.45, 7) is 6.19. The molecule has 1 aromatic heterocycles. The van der Waals surface area contributed by atoms with Gasteiger partial charge in [0, 0.05) is 51.6 Å². The number of guanidine groups is 1. The average Bonchev–Trinajstić information content (AvgIpc) is 3.16. The van der Waals surface area contributed by atoms with Crippen molar-refractivity contribution < 1.29 is 9.21 Å². The number of aliphatic imine (C=N–C) groups is 1. The van der Waals surface area contributed by atoms with Crippen LogP contribution in [0.2, 0.25) is 0 Å². The molecule has 1 amide bonds. The van der Waals surface area contributed by atoms with Gasteiger partial charge in [0.05, 0.1) is 6.26 Å². The molecule has 0 aromatic carbocycles. The Labute approximate surface area is 131 Å². The third-order valence-electron chi connectivity index (χ3n) is 4.33. The smallest absolute Gasteiger partial charge is 0.223 e. The van der Waals surface area contributed by atoms with Gasteiger partial charge in [-0.1, -0.05) is 0 Å². The Hall–Kier alpha value is -1.98. The van der Waals surface area contributed by atoms with Crippen LogP contribution in [-0.4, -0.2) is 60.4 Å². The molecule has 0 spiro atoms. The van der Waals surface area contributed by atoms with Crippen LogP contribution in [-0.2, 0) is 11.2 Å². The lowest BCUT2D eigenvalue weighted by Gasteiger charge is -2.39. The van der Waals surface area contributed by atoms with E-state index in [4.69, 9.17) is 9.41 Å². The lowest BCUT2D eigenvalue weighted by molar-refractivity contribution is -0.130. The molecule has 0 aliphatic carbocycles. The highest BCUT2D eigenvalue weighted by Gasteiger charge is 2.36. The number of nitrogens with zero attached hydrogens (tertiary/aromatic N) is 3. The summed E-state index contributed by atoms with van der Waals surface area (Å²) in [6, 6.07) is 4.24. The van der Waals surface area contributed by atoms with E-state index >= 15 is 0 Å². The number of piperazine rings is 1. The van der Waals surface area contributed by atoms with Crippen LogP contribution in [0.1, 0.15) is 25.5 Å². The van der Waals surface area contributed by atoms with Crippen molar-refractivity contribution in [2.24, 2.45) is 4.99 Å². The molecule has 6 heteroatoms. The van der Waals surface area contributed by atoms with Gasteiger partial charge in [-0.05, 0) is 25.5 Å². The predicted octanol–water partition coefficient (Wildman–Crippen LogP) is 1.09. The first-order chi connectivity index (χ1) is 10.8. The third kappa shape index (κ3) is 3.26. The van der Waals surface area contributed by atoms with Gasteiger partial charge in [-0.15, -0.1) is 0 Å². The molecule has 1 aromatic rings. The first-order valence-corrected chi connectivity index (χ1v) is 8.13. The van der Waals surface area contributed by atoms with Gasteiger partial charge in [0.1, 0.15) is 5.76 Å². The summed E-state index contributed by atoms with van der Waals surface area (Å²) >= 11 is 0. The van der Waals surface area contributed by atoms with E-state index in [2.05, 4.69) is 17.1 Å². The SMILES string of the molecule is CCNC(=NCCc1ccco1)N1CCN2C(=O)CCC2C1. The van der Waals surface area contributed by atoms with E-state index in [1.807, 2.05) is 17.0 Å². The zero-order valence-electron chi connectivity index (χ0n) is 13.1. The molecule has 3 heterocycles. The molecule has 22 heavy (non-hydrogen) atoms. The highest BCUT2D eigenvalue weighted by molar-refractivity contribution is 5.82. The van der Waals surface area contributed by atoms with Crippen molar-refractivity contribution in [3.05, 3.63) is 24.2 Å². The summed E-state index contributed by atoms with van der Waals surface area (Å²) in [4.78, 5) is 20.8. The topological polar surface area (TPSA) is 61.1 Å². The second-order valence-corrected chi connectivity index (χ2v) is 5.79. The summed E-state index contributed by atoms with van der Waals surface area (Å²) in [5.41, 5.74) is 0. The van der Waals surface area contributed by atoms with Crippen molar-refractivity contribution in [1.29, 1.82) is 0 Å². The van der Waals surface area contributed by atoms with Gasteiger partial charge in [-0.3, -0.25) is 9.79 Å². The van der Waals surface area contributed by atoms with Crippen molar-refractivity contribution in [2.75, 3.05) is 32.7 Å². The molecule has 2 aliphatic heterocycles. The minimum absolute atomic E-state index is 0.310. The molecule has 2 fully saturated rings. The Kier molecular flexibility index (Phi) is 4.65. The van der Waals surface area contributed by atoms with Gasteiger partial charge in [0.25, 0.3) is 0 Å². The Balaban J connectivity index is 1.59. The highest BCUT2D eigenvalue weighted by atomic mass is 16.3. The summed E-state index contributed by atoms with van der Waals surface area (Å²) in [5.74, 6) is 2.23. The molecular weight excluding hydrogens is 280 g/mol. The second-order valence-electron chi connectivity index (χ2n) is 5.79. The van der Waals surface area contributed by atoms with E-state index in [1.165, 1.54) is 0 Å². The fourth-order valence-electron chi connectivity index (χ4n) is 3.21. The Morgan fingerprint density at radius 3 is 3.18 bits per heavy atom. The van der Waals surface area contributed by atoms with Gasteiger partial charge in [-0.2, -0.15) is 0 Å². The largest absolute Gasteiger partial charge is 0.469 e. The van der Waals surface area contributed by atoms with Crippen LogP contribution in [0.3, 0.4) is 0 Å². The number of furan rings is 1. The number of hydrogen-bond acceptors (Lipinski definition) is 3. The molecule has 2 aliphatic rings. The van der Waals surface area contributed by atoms with Gasteiger partial charge in [0.15, 0.2) is 5.96 Å². The summed E-state index contributed by atoms with van der Waals surface area (Å²) < 4.78 is 5.34. The molecule has 0 radical (unpaired) electrons. The van der Waals surface area contributed by atoms with Crippen LogP contribution in [0.4, 0.5) is 0 Å². The number of fused-ring (bicyclic) bond motifs is 1. The van der Waals surface area contributed by atoms with E-state index in [9.17, 15) is 4.79 Å². The van der Waals surface area contributed by atoms with Gasteiger partial charge in [0.2, 0.25) is 5.91 Å². The van der Waals surface area contributed by atoms with E-state index in [0.717, 1.165) is 50.7 Å². The monoisotopic (exact) mass is 304 g/mol. The first kappa shape index (κ1) is 14.9. The second kappa shape index (κ2) is 6.85. The van der Waals surface area contributed by atoms with Crippen LogP contribution < -0.4 is 5.32 Å². The molecular formula is C16H24N4O2. The molecule has 0 saturated carbocycles. The summed E-state index contributed by atoms with van der Waals surface area (Å²) in [7, 11) is 0. The molecule has 3 rings (SSSR count). The number of hydrogen-bond donors (Lipinski definition) is 1. The minimum atomic E-state index is 0.310. The lowest BCUT2D eigenvalue weighted by atomic mass is 10.1. The first-order valence-electron chi connectivity index (χ1n) is 8.13. The Morgan fingerprint density at radius 1 is 1.50 bits per heavy atom. The average molecular weight is 304 g/mol. The molecule has 6 nitrogen and oxygen atoms in total. The van der Waals surface area contributed by atoms with Gasteiger partial charge >= 0.3 is 0 Å².